The Morgan fingerprint density at radius 3 is 2.36 bits per heavy atom. The van der Waals surface area contributed by atoms with Gasteiger partial charge >= 0.3 is 11.9 Å². The third-order valence-electron chi connectivity index (χ3n) is 1.65. The van der Waals surface area contributed by atoms with Gasteiger partial charge in [-0.15, -0.1) is 0 Å². The van der Waals surface area contributed by atoms with Gasteiger partial charge in [0.05, 0.1) is 6.42 Å². The number of aromatic hydroxyl groups is 1. The number of carboxylic acid groups (broad SMARTS) is 2. The first-order valence-electron chi connectivity index (χ1n) is 3.77. The molecule has 0 aromatic heterocycles. The number of aromatic carboxylic acids is 1. The number of carboxylic acids is 2. The van der Waals surface area contributed by atoms with Crippen LogP contribution >= 0.6 is 0 Å². The molecule has 0 bridgehead atoms. The fraction of sp³-hybridized carbons (Fsp3) is 0.111. The van der Waals surface area contributed by atoms with Gasteiger partial charge in [-0.3, -0.25) is 4.79 Å². The Morgan fingerprint density at radius 1 is 1.21 bits per heavy atom. The van der Waals surface area contributed by atoms with Gasteiger partial charge in [0, 0.05) is 0 Å². The molecule has 0 saturated heterocycles. The summed E-state index contributed by atoms with van der Waals surface area (Å²) in [5.41, 5.74) is 0.0523. The Kier molecular flexibility index (Phi) is 2.71. The first kappa shape index (κ1) is 10.0. The number of hydrogen-bond donors (Lipinski definition) is 3. The van der Waals surface area contributed by atoms with Crippen LogP contribution in [0.3, 0.4) is 0 Å². The molecule has 0 aliphatic rings. The van der Waals surface area contributed by atoms with Crippen molar-refractivity contribution in [2.45, 2.75) is 6.42 Å². The quantitative estimate of drug-likeness (QED) is 0.662. The average Bonchev–Trinajstić information content (AvgIpc) is 2.07. The normalized spacial score (nSPS) is 9.71. The van der Waals surface area contributed by atoms with Crippen molar-refractivity contribution in [2.75, 3.05) is 0 Å². The summed E-state index contributed by atoms with van der Waals surface area (Å²) in [6, 6.07) is 3.68. The summed E-state index contributed by atoms with van der Waals surface area (Å²) in [6.45, 7) is 0. The molecule has 0 aliphatic heterocycles. The Labute approximate surface area is 79.2 Å². The van der Waals surface area contributed by atoms with E-state index in [9.17, 15) is 9.59 Å². The van der Waals surface area contributed by atoms with E-state index in [2.05, 4.69) is 0 Å². The lowest BCUT2D eigenvalue weighted by molar-refractivity contribution is -0.136. The molecular weight excluding hydrogens is 188 g/mol. The molecule has 1 aromatic rings. The maximum atomic E-state index is 10.6. The van der Waals surface area contributed by atoms with Gasteiger partial charge in [0.1, 0.15) is 11.3 Å². The number of rotatable bonds is 3. The molecule has 3 N–H and O–H groups in total. The van der Waals surface area contributed by atoms with Crippen molar-refractivity contribution in [3.05, 3.63) is 29.3 Å². The number of carbonyl (C=O) groups is 2. The van der Waals surface area contributed by atoms with E-state index in [1.54, 1.807) is 0 Å². The molecule has 0 heterocycles. The van der Waals surface area contributed by atoms with Crippen LogP contribution in [0, 0.1) is 0 Å². The highest BCUT2D eigenvalue weighted by Crippen LogP contribution is 2.18. The van der Waals surface area contributed by atoms with E-state index >= 15 is 0 Å². The third kappa shape index (κ3) is 2.22. The topological polar surface area (TPSA) is 94.8 Å². The lowest BCUT2D eigenvalue weighted by Crippen LogP contribution is -2.03. The number of benzene rings is 1. The molecule has 0 spiro atoms. The number of phenols is 1. The van der Waals surface area contributed by atoms with E-state index in [-0.39, 0.29) is 17.7 Å². The highest BCUT2D eigenvalue weighted by atomic mass is 16.4. The Bertz CT molecular complexity index is 383. The van der Waals surface area contributed by atoms with Crippen LogP contribution < -0.4 is 0 Å². The Morgan fingerprint density at radius 2 is 1.86 bits per heavy atom. The second kappa shape index (κ2) is 3.78. The predicted molar refractivity (Wildman–Crippen MR) is 46.4 cm³/mol. The lowest BCUT2D eigenvalue weighted by Gasteiger charge is -2.01. The molecule has 1 rings (SSSR count). The summed E-state index contributed by atoms with van der Waals surface area (Å²) >= 11 is 0. The minimum absolute atomic E-state index is 0.263. The van der Waals surface area contributed by atoms with Crippen molar-refractivity contribution in [1.82, 2.24) is 0 Å². The summed E-state index contributed by atoms with van der Waals surface area (Å²) in [7, 11) is 0. The van der Waals surface area contributed by atoms with Gasteiger partial charge in [-0.2, -0.15) is 0 Å². The molecule has 5 heteroatoms. The molecule has 0 fully saturated rings. The second-order valence-electron chi connectivity index (χ2n) is 2.73. The highest BCUT2D eigenvalue weighted by Gasteiger charge is 2.11. The fourth-order valence-electron chi connectivity index (χ4n) is 1.04. The van der Waals surface area contributed by atoms with Crippen LogP contribution in [-0.2, 0) is 11.2 Å². The largest absolute Gasteiger partial charge is 0.507 e. The van der Waals surface area contributed by atoms with E-state index in [0.717, 1.165) is 6.07 Å². The van der Waals surface area contributed by atoms with Crippen molar-refractivity contribution in [3.8, 4) is 5.75 Å². The fourth-order valence-corrected chi connectivity index (χ4v) is 1.04. The molecule has 14 heavy (non-hydrogen) atoms. The van der Waals surface area contributed by atoms with Crippen molar-refractivity contribution in [3.63, 3.8) is 0 Å². The summed E-state index contributed by atoms with van der Waals surface area (Å²) in [4.78, 5) is 20.9. The zero-order chi connectivity index (χ0) is 10.7. The molecule has 0 aliphatic carbocycles. The van der Waals surface area contributed by atoms with Gasteiger partial charge in [0.25, 0.3) is 0 Å². The van der Waals surface area contributed by atoms with Gasteiger partial charge in [-0.25, -0.2) is 4.79 Å². The molecule has 0 radical (unpaired) electrons. The number of aliphatic carboxylic acids is 1. The highest BCUT2D eigenvalue weighted by molar-refractivity contribution is 5.91. The first-order chi connectivity index (χ1) is 6.50. The summed E-state index contributed by atoms with van der Waals surface area (Å²) < 4.78 is 0. The van der Waals surface area contributed by atoms with Gasteiger partial charge in [0.15, 0.2) is 0 Å². The average molecular weight is 196 g/mol. The third-order valence-corrected chi connectivity index (χ3v) is 1.65. The molecule has 0 amide bonds. The van der Waals surface area contributed by atoms with E-state index in [1.807, 2.05) is 0 Å². The van der Waals surface area contributed by atoms with E-state index in [4.69, 9.17) is 15.3 Å². The summed E-state index contributed by atoms with van der Waals surface area (Å²) in [6.07, 6.45) is -0.263. The van der Waals surface area contributed by atoms with Gasteiger partial charge in [-0.05, 0) is 17.7 Å². The van der Waals surface area contributed by atoms with Crippen LogP contribution in [0.25, 0.3) is 0 Å². The Balaban J connectivity index is 3.06. The molecule has 74 valence electrons. The molecule has 5 nitrogen and oxygen atoms in total. The minimum Gasteiger partial charge on any atom is -0.507 e. The van der Waals surface area contributed by atoms with Gasteiger partial charge < -0.3 is 15.3 Å². The maximum absolute atomic E-state index is 10.6. The smallest absolute Gasteiger partial charge is 0.339 e. The zero-order valence-corrected chi connectivity index (χ0v) is 7.10. The predicted octanol–water partition coefficient (Wildman–Crippen LogP) is 0.718. The van der Waals surface area contributed by atoms with Crippen LogP contribution in [0.2, 0.25) is 0 Å². The van der Waals surface area contributed by atoms with Crippen LogP contribution in [0.15, 0.2) is 18.2 Å². The van der Waals surface area contributed by atoms with Crippen molar-refractivity contribution in [1.29, 1.82) is 0 Å². The summed E-state index contributed by atoms with van der Waals surface area (Å²) in [5.74, 6) is -2.70. The van der Waals surface area contributed by atoms with Gasteiger partial charge in [0.2, 0.25) is 0 Å². The molecular formula is C9H8O5. The maximum Gasteiger partial charge on any atom is 0.339 e. The van der Waals surface area contributed by atoms with E-state index in [0.29, 0.717) is 5.56 Å². The molecule has 0 saturated carbocycles. The lowest BCUT2D eigenvalue weighted by atomic mass is 10.1. The number of hydrogen-bond acceptors (Lipinski definition) is 3. The SMILES string of the molecule is O=C(O)Cc1ccc(O)c(C(=O)O)c1. The van der Waals surface area contributed by atoms with Crippen LogP contribution in [0.5, 0.6) is 5.75 Å². The molecule has 0 atom stereocenters. The van der Waals surface area contributed by atoms with E-state index < -0.39 is 11.9 Å². The Hall–Kier alpha value is -2.04. The zero-order valence-electron chi connectivity index (χ0n) is 7.10. The standard InChI is InChI=1S/C9H8O5/c10-7-2-1-5(4-8(11)12)3-6(7)9(13)14/h1-3,10H,4H2,(H,11,12)(H,13,14). The summed E-state index contributed by atoms with van der Waals surface area (Å²) in [5, 5.41) is 26.2. The first-order valence-corrected chi connectivity index (χ1v) is 3.77. The van der Waals surface area contributed by atoms with Crippen molar-refractivity contribution in [2.24, 2.45) is 0 Å². The van der Waals surface area contributed by atoms with E-state index in [1.165, 1.54) is 12.1 Å². The minimum atomic E-state index is -1.28. The van der Waals surface area contributed by atoms with Crippen LogP contribution in [0.4, 0.5) is 0 Å². The van der Waals surface area contributed by atoms with Crippen molar-refractivity contribution < 1.29 is 24.9 Å². The van der Waals surface area contributed by atoms with Crippen LogP contribution in [-0.4, -0.2) is 27.3 Å². The second-order valence-corrected chi connectivity index (χ2v) is 2.73. The van der Waals surface area contributed by atoms with Gasteiger partial charge in [-0.1, -0.05) is 6.07 Å². The molecule has 1 aromatic carbocycles. The molecule has 0 unspecified atom stereocenters. The monoisotopic (exact) mass is 196 g/mol. The van der Waals surface area contributed by atoms with Crippen molar-refractivity contribution >= 4 is 11.9 Å². The van der Waals surface area contributed by atoms with Crippen LogP contribution in [0.1, 0.15) is 15.9 Å².